The lowest BCUT2D eigenvalue weighted by atomic mass is 9.86. The van der Waals surface area contributed by atoms with Crippen LogP contribution in [-0.2, 0) is 5.41 Å². The summed E-state index contributed by atoms with van der Waals surface area (Å²) in [6, 6.07) is 0. The van der Waals surface area contributed by atoms with E-state index in [0.29, 0.717) is 0 Å². The molecule has 1 aliphatic rings. The maximum Gasteiger partial charge on any atom is 0.0479 e. The van der Waals surface area contributed by atoms with Gasteiger partial charge in [-0.15, -0.1) is 0 Å². The second kappa shape index (κ2) is 3.00. The fraction of sp³-hybridized carbons (Fsp3) is 0.333. The fourth-order valence-electron chi connectivity index (χ4n) is 1.62. The summed E-state index contributed by atoms with van der Waals surface area (Å²) in [4.78, 5) is 7.23. The molecule has 0 aliphatic carbocycles. The van der Waals surface area contributed by atoms with Crippen molar-refractivity contribution in [2.24, 2.45) is 4.99 Å². The zero-order valence-corrected chi connectivity index (χ0v) is 8.76. The number of nitrogens with one attached hydrogen (secondary N) is 1. The molecule has 14 heavy (non-hydrogen) atoms. The zero-order chi connectivity index (χ0) is 10.2. The zero-order valence-electron chi connectivity index (χ0n) is 8.76. The molecule has 0 saturated heterocycles. The van der Waals surface area contributed by atoms with E-state index in [1.807, 2.05) is 12.2 Å². The minimum atomic E-state index is 0.153. The van der Waals surface area contributed by atoms with E-state index < -0.39 is 0 Å². The van der Waals surface area contributed by atoms with Crippen LogP contribution in [-0.4, -0.2) is 10.9 Å². The van der Waals surface area contributed by atoms with Gasteiger partial charge in [0, 0.05) is 29.7 Å². The first-order valence-electron chi connectivity index (χ1n) is 4.76. The lowest BCUT2D eigenvalue weighted by Gasteiger charge is -2.18. The number of hydrogen-bond acceptors (Lipinski definition) is 1. The summed E-state index contributed by atoms with van der Waals surface area (Å²) in [5, 5.41) is 0. The Hall–Kier alpha value is -1.53. The minimum Gasteiger partial charge on any atom is -0.361 e. The summed E-state index contributed by atoms with van der Waals surface area (Å²) in [5.74, 6) is 2.90. The van der Waals surface area contributed by atoms with E-state index in [9.17, 15) is 0 Å². The van der Waals surface area contributed by atoms with E-state index in [-0.39, 0.29) is 5.41 Å². The molecule has 0 spiro atoms. The molecule has 0 amide bonds. The Labute approximate surface area is 84.1 Å². The van der Waals surface area contributed by atoms with Gasteiger partial charge in [0.15, 0.2) is 0 Å². The van der Waals surface area contributed by atoms with Gasteiger partial charge in [0.25, 0.3) is 0 Å². The number of hydrogen-bond donors (Lipinski definition) is 1. The number of H-pyrrole nitrogens is 1. The molecule has 2 rings (SSSR count). The second-order valence-corrected chi connectivity index (χ2v) is 4.50. The number of aliphatic imine (C=N–C) groups is 1. The molecule has 1 aromatic rings. The molecule has 1 N–H and O–H groups in total. The van der Waals surface area contributed by atoms with Crippen molar-refractivity contribution in [1.29, 1.82) is 0 Å². The SMILES string of the molecule is CC(C)(C)c1c[nH]c2c1C=C=NC=C2. The molecule has 1 aliphatic heterocycles. The van der Waals surface area contributed by atoms with Crippen molar-refractivity contribution >= 4 is 18.0 Å². The Morgan fingerprint density at radius 3 is 2.86 bits per heavy atom. The number of aromatic nitrogens is 1. The van der Waals surface area contributed by atoms with Crippen molar-refractivity contribution < 1.29 is 0 Å². The number of nitrogens with zero attached hydrogens (tertiary/aromatic N) is 1. The van der Waals surface area contributed by atoms with Crippen LogP contribution in [0.4, 0.5) is 0 Å². The molecule has 2 heterocycles. The first kappa shape index (κ1) is 9.04. The van der Waals surface area contributed by atoms with Gasteiger partial charge in [0.05, 0.1) is 0 Å². The Balaban J connectivity index is 2.62. The van der Waals surface area contributed by atoms with Crippen LogP contribution >= 0.6 is 0 Å². The summed E-state index contributed by atoms with van der Waals surface area (Å²) in [5.41, 5.74) is 3.78. The average Bonchev–Trinajstić information content (AvgIpc) is 2.36. The van der Waals surface area contributed by atoms with Gasteiger partial charge < -0.3 is 4.98 Å². The van der Waals surface area contributed by atoms with Gasteiger partial charge >= 0.3 is 0 Å². The van der Waals surface area contributed by atoms with Crippen LogP contribution in [0, 0.1) is 0 Å². The topological polar surface area (TPSA) is 28.1 Å². The lowest BCUT2D eigenvalue weighted by Crippen LogP contribution is -2.11. The number of fused-ring (bicyclic) bond motifs is 1. The van der Waals surface area contributed by atoms with E-state index in [4.69, 9.17) is 0 Å². The van der Waals surface area contributed by atoms with Crippen molar-refractivity contribution in [2.75, 3.05) is 0 Å². The Kier molecular flexibility index (Phi) is 1.94. The highest BCUT2D eigenvalue weighted by molar-refractivity contribution is 5.85. The molecule has 1 aromatic heterocycles. The summed E-state index contributed by atoms with van der Waals surface area (Å²) in [7, 11) is 0. The molecule has 0 saturated carbocycles. The van der Waals surface area contributed by atoms with Crippen molar-refractivity contribution in [1.82, 2.24) is 4.98 Å². The van der Waals surface area contributed by atoms with Crippen LogP contribution in [0.25, 0.3) is 12.2 Å². The third kappa shape index (κ3) is 1.45. The summed E-state index contributed by atoms with van der Waals surface area (Å²) in [6.07, 6.45) is 7.73. The van der Waals surface area contributed by atoms with Gasteiger partial charge in [-0.2, -0.15) is 0 Å². The summed E-state index contributed by atoms with van der Waals surface area (Å²) in [6.45, 7) is 6.61. The van der Waals surface area contributed by atoms with Gasteiger partial charge in [-0.05, 0) is 22.9 Å². The van der Waals surface area contributed by atoms with Crippen molar-refractivity contribution in [3.8, 4) is 0 Å². The van der Waals surface area contributed by atoms with Crippen molar-refractivity contribution in [3.05, 3.63) is 29.2 Å². The molecule has 0 unspecified atom stereocenters. The van der Waals surface area contributed by atoms with Crippen LogP contribution in [0.5, 0.6) is 0 Å². The first-order chi connectivity index (χ1) is 6.59. The van der Waals surface area contributed by atoms with Crippen LogP contribution < -0.4 is 0 Å². The molecule has 0 atom stereocenters. The highest BCUT2D eigenvalue weighted by atomic mass is 14.7. The highest BCUT2D eigenvalue weighted by Crippen LogP contribution is 2.29. The Bertz CT molecular complexity index is 435. The summed E-state index contributed by atoms with van der Waals surface area (Å²) >= 11 is 0. The molecule has 0 aromatic carbocycles. The monoisotopic (exact) mass is 186 g/mol. The largest absolute Gasteiger partial charge is 0.361 e. The molecule has 2 nitrogen and oxygen atoms in total. The lowest BCUT2D eigenvalue weighted by molar-refractivity contribution is 0.590. The minimum absolute atomic E-state index is 0.153. The molecule has 0 radical (unpaired) electrons. The highest BCUT2D eigenvalue weighted by Gasteiger charge is 2.20. The normalized spacial score (nSPS) is 14.2. The smallest absolute Gasteiger partial charge is 0.0479 e. The number of rotatable bonds is 0. The quantitative estimate of drug-likeness (QED) is 0.645. The van der Waals surface area contributed by atoms with Crippen LogP contribution in [0.1, 0.15) is 37.6 Å². The first-order valence-corrected chi connectivity index (χ1v) is 4.76. The molecular formula is C12H14N2. The molecule has 0 fully saturated rings. The molecule has 2 heteroatoms. The van der Waals surface area contributed by atoms with E-state index in [1.165, 1.54) is 11.1 Å². The van der Waals surface area contributed by atoms with E-state index in [1.54, 1.807) is 6.20 Å². The second-order valence-electron chi connectivity index (χ2n) is 4.50. The predicted octanol–water partition coefficient (Wildman–Crippen LogP) is 2.98. The van der Waals surface area contributed by atoms with Gasteiger partial charge in [-0.25, -0.2) is 4.99 Å². The maximum atomic E-state index is 3.97. The van der Waals surface area contributed by atoms with Crippen molar-refractivity contribution in [3.63, 3.8) is 0 Å². The van der Waals surface area contributed by atoms with Gasteiger partial charge in [-0.1, -0.05) is 20.8 Å². The van der Waals surface area contributed by atoms with Crippen LogP contribution in [0.3, 0.4) is 0 Å². The fourth-order valence-corrected chi connectivity index (χ4v) is 1.62. The predicted molar refractivity (Wildman–Crippen MR) is 60.4 cm³/mol. The van der Waals surface area contributed by atoms with Crippen molar-refractivity contribution in [2.45, 2.75) is 26.2 Å². The molecule has 72 valence electrons. The van der Waals surface area contributed by atoms with Crippen LogP contribution in [0.2, 0.25) is 0 Å². The molecule has 0 bridgehead atoms. The van der Waals surface area contributed by atoms with Gasteiger partial charge in [0.1, 0.15) is 0 Å². The van der Waals surface area contributed by atoms with E-state index in [2.05, 4.69) is 42.8 Å². The Morgan fingerprint density at radius 1 is 1.36 bits per heavy atom. The number of aromatic amines is 1. The van der Waals surface area contributed by atoms with Gasteiger partial charge in [0.2, 0.25) is 0 Å². The maximum absolute atomic E-state index is 3.97. The van der Waals surface area contributed by atoms with Gasteiger partial charge in [-0.3, -0.25) is 0 Å². The van der Waals surface area contributed by atoms with Crippen LogP contribution in [0.15, 0.2) is 17.4 Å². The average molecular weight is 186 g/mol. The van der Waals surface area contributed by atoms with E-state index in [0.717, 1.165) is 5.69 Å². The summed E-state index contributed by atoms with van der Waals surface area (Å²) < 4.78 is 0. The Morgan fingerprint density at radius 2 is 2.14 bits per heavy atom. The third-order valence-corrected chi connectivity index (χ3v) is 2.36. The molecular weight excluding hydrogens is 172 g/mol. The third-order valence-electron chi connectivity index (χ3n) is 2.36. The van der Waals surface area contributed by atoms with E-state index >= 15 is 0 Å². The standard InChI is InChI=1S/C12H14N2/c1-12(2,3)10-8-14-11-5-7-13-6-4-9(10)11/h4-5,7-8,14H,1-3H3.